The Balaban J connectivity index is 1.26. The summed E-state index contributed by atoms with van der Waals surface area (Å²) in [6.07, 6.45) is 2.16. The molecule has 14 heteroatoms. The number of nitrogens with one attached hydrogen (secondary N) is 2. The number of anilines is 1. The van der Waals surface area contributed by atoms with E-state index in [2.05, 4.69) is 25.9 Å². The van der Waals surface area contributed by atoms with Gasteiger partial charge in [0, 0.05) is 41.2 Å². The first-order valence-electron chi connectivity index (χ1n) is 13.0. The summed E-state index contributed by atoms with van der Waals surface area (Å²) in [5.74, 6) is 0. The SMILES string of the molecule is COCCOC(=O)Nc1ccc(-n2[nH]c([C@@H]3CCc4cc(-c5cc(Cl)ccc5-n5cnnn5)cc(=O)n43)cc2=O)cc1. The molecule has 1 aliphatic rings. The van der Waals surface area contributed by atoms with Gasteiger partial charge in [0.2, 0.25) is 0 Å². The molecule has 5 aromatic rings. The fourth-order valence-electron chi connectivity index (χ4n) is 5.10. The molecule has 1 aliphatic heterocycles. The molecule has 13 nitrogen and oxygen atoms in total. The van der Waals surface area contributed by atoms with E-state index in [0.717, 1.165) is 11.3 Å². The van der Waals surface area contributed by atoms with Gasteiger partial charge in [-0.3, -0.25) is 20.0 Å². The van der Waals surface area contributed by atoms with Gasteiger partial charge < -0.3 is 14.0 Å². The number of hydrogen-bond acceptors (Lipinski definition) is 8. The van der Waals surface area contributed by atoms with E-state index in [4.69, 9.17) is 21.1 Å². The number of ether oxygens (including phenoxy) is 2. The Morgan fingerprint density at radius 1 is 1.07 bits per heavy atom. The smallest absolute Gasteiger partial charge is 0.411 e. The molecule has 1 atom stereocenters. The van der Waals surface area contributed by atoms with E-state index in [-0.39, 0.29) is 23.8 Å². The number of aryl methyl sites for hydroxylation is 1. The number of rotatable bonds is 8. The van der Waals surface area contributed by atoms with E-state index < -0.39 is 6.09 Å². The van der Waals surface area contributed by atoms with Crippen molar-refractivity contribution in [2.45, 2.75) is 18.9 Å². The quantitative estimate of drug-likeness (QED) is 0.262. The second kappa shape index (κ2) is 11.5. The van der Waals surface area contributed by atoms with Crippen LogP contribution in [0.1, 0.15) is 23.9 Å². The summed E-state index contributed by atoms with van der Waals surface area (Å²) in [6.45, 7) is 0.437. The number of amides is 1. The highest BCUT2D eigenvalue weighted by molar-refractivity contribution is 6.31. The number of nitrogens with zero attached hydrogens (tertiary/aromatic N) is 6. The lowest BCUT2D eigenvalue weighted by atomic mass is 10.0. The fourth-order valence-corrected chi connectivity index (χ4v) is 5.27. The third kappa shape index (κ3) is 5.34. The zero-order valence-electron chi connectivity index (χ0n) is 22.4. The van der Waals surface area contributed by atoms with Crippen molar-refractivity contribution in [3.8, 4) is 22.5 Å². The van der Waals surface area contributed by atoms with Crippen LogP contribution in [0.2, 0.25) is 5.02 Å². The Morgan fingerprint density at radius 2 is 1.90 bits per heavy atom. The zero-order chi connectivity index (χ0) is 29.2. The molecule has 0 aliphatic carbocycles. The number of benzene rings is 2. The molecule has 0 unspecified atom stereocenters. The fraction of sp³-hybridized carbons (Fsp3) is 0.214. The number of aromatic amines is 1. The van der Waals surface area contributed by atoms with Gasteiger partial charge >= 0.3 is 6.09 Å². The first kappa shape index (κ1) is 27.2. The zero-order valence-corrected chi connectivity index (χ0v) is 23.1. The Bertz CT molecular complexity index is 1860. The molecule has 214 valence electrons. The molecule has 2 aromatic carbocycles. The van der Waals surface area contributed by atoms with E-state index in [1.54, 1.807) is 53.1 Å². The van der Waals surface area contributed by atoms with E-state index in [0.29, 0.717) is 52.8 Å². The Labute approximate surface area is 243 Å². The number of halogens is 1. The summed E-state index contributed by atoms with van der Waals surface area (Å²) >= 11 is 6.30. The Hall–Kier alpha value is -5.01. The van der Waals surface area contributed by atoms with Crippen LogP contribution in [0.15, 0.2) is 76.6 Å². The molecule has 2 N–H and O–H groups in total. The molecule has 0 bridgehead atoms. The number of fused-ring (bicyclic) bond motifs is 1. The number of hydrogen-bond donors (Lipinski definition) is 2. The van der Waals surface area contributed by atoms with Gasteiger partial charge in [-0.15, -0.1) is 5.10 Å². The van der Waals surface area contributed by atoms with Crippen LogP contribution in [-0.4, -0.2) is 61.0 Å². The predicted molar refractivity (Wildman–Crippen MR) is 154 cm³/mol. The van der Waals surface area contributed by atoms with Gasteiger partial charge in [-0.25, -0.2) is 9.48 Å². The summed E-state index contributed by atoms with van der Waals surface area (Å²) in [7, 11) is 1.52. The summed E-state index contributed by atoms with van der Waals surface area (Å²) in [4.78, 5) is 38.3. The molecule has 42 heavy (non-hydrogen) atoms. The maximum Gasteiger partial charge on any atom is 0.411 e. The van der Waals surface area contributed by atoms with Crippen molar-refractivity contribution >= 4 is 23.4 Å². The number of aromatic nitrogens is 7. The van der Waals surface area contributed by atoms with Gasteiger partial charge in [0.15, 0.2) is 0 Å². The molecular formula is C28H25ClN8O5. The second-order valence-electron chi connectivity index (χ2n) is 9.60. The van der Waals surface area contributed by atoms with Crippen molar-refractivity contribution < 1.29 is 14.3 Å². The average molecular weight is 589 g/mol. The lowest BCUT2D eigenvalue weighted by molar-refractivity contribution is 0.107. The highest BCUT2D eigenvalue weighted by atomic mass is 35.5. The number of carbonyl (C=O) groups is 1. The molecule has 3 aromatic heterocycles. The van der Waals surface area contributed by atoms with Crippen molar-refractivity contribution in [1.82, 2.24) is 34.6 Å². The van der Waals surface area contributed by atoms with Crippen LogP contribution in [0.25, 0.3) is 22.5 Å². The third-order valence-corrected chi connectivity index (χ3v) is 7.23. The normalized spacial score (nSPS) is 14.1. The van der Waals surface area contributed by atoms with Gasteiger partial charge in [-0.05, 0) is 77.4 Å². The van der Waals surface area contributed by atoms with Crippen molar-refractivity contribution in [3.05, 3.63) is 104 Å². The minimum absolute atomic E-state index is 0.137. The summed E-state index contributed by atoms with van der Waals surface area (Å²) in [6, 6.07) is 16.7. The van der Waals surface area contributed by atoms with Crippen LogP contribution < -0.4 is 16.4 Å². The number of carbonyl (C=O) groups excluding carboxylic acids is 1. The molecule has 4 heterocycles. The monoisotopic (exact) mass is 588 g/mol. The average Bonchev–Trinajstić information content (AvgIpc) is 3.74. The van der Waals surface area contributed by atoms with Gasteiger partial charge in [0.25, 0.3) is 11.1 Å². The maximum atomic E-state index is 13.5. The highest BCUT2D eigenvalue weighted by Crippen LogP contribution is 2.34. The highest BCUT2D eigenvalue weighted by Gasteiger charge is 2.28. The minimum Gasteiger partial charge on any atom is -0.447 e. The van der Waals surface area contributed by atoms with E-state index >= 15 is 0 Å². The first-order valence-corrected chi connectivity index (χ1v) is 13.4. The summed E-state index contributed by atoms with van der Waals surface area (Å²) in [5, 5.41) is 17.7. The molecular weight excluding hydrogens is 564 g/mol. The molecule has 0 saturated carbocycles. The molecule has 0 spiro atoms. The lowest BCUT2D eigenvalue weighted by Crippen LogP contribution is -2.23. The first-order chi connectivity index (χ1) is 20.4. The molecule has 0 fully saturated rings. The maximum absolute atomic E-state index is 13.5. The van der Waals surface area contributed by atoms with Crippen LogP contribution in [0.4, 0.5) is 10.5 Å². The molecule has 6 rings (SSSR count). The van der Waals surface area contributed by atoms with E-state index in [1.807, 2.05) is 6.07 Å². The number of pyridine rings is 1. The number of tetrazole rings is 1. The molecule has 1 amide bonds. The van der Waals surface area contributed by atoms with Gasteiger partial charge in [0.05, 0.1) is 29.7 Å². The summed E-state index contributed by atoms with van der Waals surface area (Å²) < 4.78 is 14.5. The molecule has 0 saturated heterocycles. The topological polar surface area (TPSA) is 151 Å². The number of H-pyrrole nitrogens is 1. The van der Waals surface area contributed by atoms with Crippen molar-refractivity contribution in [2.75, 3.05) is 25.6 Å². The van der Waals surface area contributed by atoms with Crippen molar-refractivity contribution in [3.63, 3.8) is 0 Å². The van der Waals surface area contributed by atoms with Crippen LogP contribution in [0.5, 0.6) is 0 Å². The van der Waals surface area contributed by atoms with Crippen LogP contribution in [0.3, 0.4) is 0 Å². The standard InChI is InChI=1S/C28H25ClN8O5/c1-41-10-11-42-28(40)31-19-3-5-20(6-4-19)37-27(39)15-23(32-37)25-9-7-21-12-17(13-26(38)36(21)25)22-14-18(29)2-8-24(22)35-16-30-33-34-35/h2-6,8,12-16,25,32H,7,9-11H2,1H3,(H,31,40)/t25-/m0/s1. The molecule has 0 radical (unpaired) electrons. The van der Waals surface area contributed by atoms with Crippen LogP contribution >= 0.6 is 11.6 Å². The van der Waals surface area contributed by atoms with Crippen LogP contribution in [0, 0.1) is 0 Å². The van der Waals surface area contributed by atoms with Gasteiger partial charge in [-0.1, -0.05) is 11.6 Å². The lowest BCUT2D eigenvalue weighted by Gasteiger charge is -2.15. The van der Waals surface area contributed by atoms with Gasteiger partial charge in [-0.2, -0.15) is 4.68 Å². The van der Waals surface area contributed by atoms with E-state index in [9.17, 15) is 14.4 Å². The minimum atomic E-state index is -0.602. The predicted octanol–water partition coefficient (Wildman–Crippen LogP) is 3.35. The third-order valence-electron chi connectivity index (χ3n) is 6.99. The van der Waals surface area contributed by atoms with Crippen LogP contribution in [-0.2, 0) is 15.9 Å². The van der Waals surface area contributed by atoms with E-state index in [1.165, 1.54) is 28.9 Å². The largest absolute Gasteiger partial charge is 0.447 e. The van der Waals surface area contributed by atoms with Crippen molar-refractivity contribution in [1.29, 1.82) is 0 Å². The Kier molecular flexibility index (Phi) is 7.42. The summed E-state index contributed by atoms with van der Waals surface area (Å²) in [5.41, 5.74) is 4.18. The van der Waals surface area contributed by atoms with Crippen molar-refractivity contribution in [2.24, 2.45) is 0 Å². The van der Waals surface area contributed by atoms with Gasteiger partial charge in [0.1, 0.15) is 12.9 Å². The number of methoxy groups -OCH3 is 1. The second-order valence-corrected chi connectivity index (χ2v) is 10.0. The Morgan fingerprint density at radius 3 is 2.67 bits per heavy atom.